The number of nitrogens with zero attached hydrogens (tertiary/aromatic N) is 4. The molecule has 1 aliphatic rings. The molecular weight excluding hydrogens is 450 g/mol. The maximum Gasteiger partial charge on any atom is 0.237 e. The van der Waals surface area contributed by atoms with Gasteiger partial charge in [0.05, 0.1) is 17.1 Å². The number of allylic oxidation sites excluding steroid dienone is 1. The molecule has 0 radical (unpaired) electrons. The first-order valence-electron chi connectivity index (χ1n) is 11.0. The normalized spacial score (nSPS) is 15.3. The van der Waals surface area contributed by atoms with Crippen LogP contribution in [0.25, 0.3) is 0 Å². The minimum absolute atomic E-state index is 0.104. The molecule has 34 heavy (non-hydrogen) atoms. The van der Waals surface area contributed by atoms with Crippen molar-refractivity contribution in [2.24, 2.45) is 0 Å². The predicted octanol–water partition coefficient (Wildman–Crippen LogP) is 4.21. The van der Waals surface area contributed by atoms with Crippen molar-refractivity contribution in [3.8, 4) is 5.75 Å². The highest BCUT2D eigenvalue weighted by molar-refractivity contribution is 7.99. The molecule has 0 saturated heterocycles. The second kappa shape index (κ2) is 10.6. The van der Waals surface area contributed by atoms with Crippen molar-refractivity contribution in [3.05, 3.63) is 72.6 Å². The summed E-state index contributed by atoms with van der Waals surface area (Å²) >= 11 is 1.31. The van der Waals surface area contributed by atoms with Gasteiger partial charge in [-0.05, 0) is 43.7 Å². The molecule has 0 unspecified atom stereocenters. The summed E-state index contributed by atoms with van der Waals surface area (Å²) in [7, 11) is 0. The number of carbonyl (C=O) groups excluding carboxylic acids is 2. The molecule has 2 amide bonds. The Morgan fingerprint density at radius 2 is 2.09 bits per heavy atom. The number of hydrogen-bond acceptors (Lipinski definition) is 6. The van der Waals surface area contributed by atoms with Gasteiger partial charge in [-0.3, -0.25) is 14.2 Å². The van der Waals surface area contributed by atoms with E-state index in [-0.39, 0.29) is 36.6 Å². The first-order valence-corrected chi connectivity index (χ1v) is 12.0. The number of anilines is 2. The highest BCUT2D eigenvalue weighted by Crippen LogP contribution is 2.32. The molecule has 0 saturated carbocycles. The maximum atomic E-state index is 13.3. The molecule has 1 N–H and O–H groups in total. The van der Waals surface area contributed by atoms with Gasteiger partial charge in [0.15, 0.2) is 11.0 Å². The number of hydrogen-bond donors (Lipinski definition) is 1. The Hall–Kier alpha value is -3.59. The van der Waals surface area contributed by atoms with Gasteiger partial charge in [0.2, 0.25) is 11.8 Å². The first-order chi connectivity index (χ1) is 16.5. The minimum Gasteiger partial charge on any atom is -0.486 e. The molecule has 8 nitrogen and oxygen atoms in total. The molecule has 1 aliphatic heterocycles. The van der Waals surface area contributed by atoms with Crippen molar-refractivity contribution >= 4 is 35.0 Å². The summed E-state index contributed by atoms with van der Waals surface area (Å²) in [5.74, 6) is 1.36. The Morgan fingerprint density at radius 1 is 1.26 bits per heavy atom. The van der Waals surface area contributed by atoms with Crippen molar-refractivity contribution in [1.29, 1.82) is 0 Å². The van der Waals surface area contributed by atoms with Gasteiger partial charge in [-0.1, -0.05) is 42.1 Å². The number of thioether (sulfide) groups is 1. The average molecular weight is 478 g/mol. The summed E-state index contributed by atoms with van der Waals surface area (Å²) in [5.41, 5.74) is 2.45. The summed E-state index contributed by atoms with van der Waals surface area (Å²) in [6.07, 6.45) is 1.99. The number of aryl methyl sites for hydroxylation is 1. The van der Waals surface area contributed by atoms with Crippen molar-refractivity contribution < 1.29 is 14.3 Å². The summed E-state index contributed by atoms with van der Waals surface area (Å²) in [6.45, 7) is 8.47. The Bertz CT molecular complexity index is 1210. The average Bonchev–Trinajstić information content (AvgIpc) is 3.13. The molecule has 2 aromatic carbocycles. The lowest BCUT2D eigenvalue weighted by Gasteiger charge is -2.27. The van der Waals surface area contributed by atoms with Crippen molar-refractivity contribution in [1.82, 2.24) is 14.8 Å². The standard InChI is InChI=1S/C25H27N5O3S/c1-4-12-29-22(15-33-19-9-7-8-17(2)13-19)27-28-25(29)34-16-24(32)30-18(3)14-23(31)26-20-10-5-6-11-21(20)30/h4-11,13,18H,1,12,14-16H2,2-3H3,(H,26,31)/t18-/m0/s1. The van der Waals surface area contributed by atoms with Crippen molar-refractivity contribution in [3.63, 3.8) is 0 Å². The van der Waals surface area contributed by atoms with Crippen LogP contribution in [-0.2, 0) is 22.7 Å². The summed E-state index contributed by atoms with van der Waals surface area (Å²) in [4.78, 5) is 27.2. The second-order valence-electron chi connectivity index (χ2n) is 8.07. The lowest BCUT2D eigenvalue weighted by molar-refractivity contribution is -0.117. The van der Waals surface area contributed by atoms with E-state index >= 15 is 0 Å². The molecule has 1 aromatic heterocycles. The van der Waals surface area contributed by atoms with Crippen LogP contribution in [0.4, 0.5) is 11.4 Å². The van der Waals surface area contributed by atoms with Crippen LogP contribution in [0.3, 0.4) is 0 Å². The molecule has 9 heteroatoms. The molecule has 0 bridgehead atoms. The highest BCUT2D eigenvalue weighted by atomic mass is 32.2. The van der Waals surface area contributed by atoms with Gasteiger partial charge in [-0.15, -0.1) is 16.8 Å². The SMILES string of the molecule is C=CCn1c(COc2cccc(C)c2)nnc1SCC(=O)N1c2ccccc2NC(=O)C[C@@H]1C. The van der Waals surface area contributed by atoms with Gasteiger partial charge < -0.3 is 15.0 Å². The number of ether oxygens (including phenoxy) is 1. The number of fused-ring (bicyclic) bond motifs is 1. The van der Waals surface area contributed by atoms with Gasteiger partial charge in [0.25, 0.3) is 0 Å². The lowest BCUT2D eigenvalue weighted by atomic mass is 10.2. The molecule has 0 aliphatic carbocycles. The zero-order valence-electron chi connectivity index (χ0n) is 19.2. The van der Waals surface area contributed by atoms with Gasteiger partial charge in [0, 0.05) is 19.0 Å². The van der Waals surface area contributed by atoms with Crippen LogP contribution in [0.15, 0.2) is 66.3 Å². The fourth-order valence-corrected chi connectivity index (χ4v) is 4.69. The maximum absolute atomic E-state index is 13.3. The van der Waals surface area contributed by atoms with Gasteiger partial charge in [-0.25, -0.2) is 0 Å². The number of nitrogens with one attached hydrogen (secondary N) is 1. The van der Waals surface area contributed by atoms with Crippen LogP contribution in [-0.4, -0.2) is 38.4 Å². The smallest absolute Gasteiger partial charge is 0.237 e. The molecule has 3 aromatic rings. The van der Waals surface area contributed by atoms with Crippen LogP contribution in [0.2, 0.25) is 0 Å². The fraction of sp³-hybridized carbons (Fsp3) is 0.280. The summed E-state index contributed by atoms with van der Waals surface area (Å²) in [6, 6.07) is 14.9. The number of carbonyl (C=O) groups is 2. The monoisotopic (exact) mass is 477 g/mol. The molecule has 2 heterocycles. The van der Waals surface area contributed by atoms with E-state index in [9.17, 15) is 9.59 Å². The first kappa shape index (κ1) is 23.6. The molecule has 4 rings (SSSR count). The minimum atomic E-state index is -0.263. The van der Waals surface area contributed by atoms with Crippen LogP contribution >= 0.6 is 11.8 Å². The largest absolute Gasteiger partial charge is 0.486 e. The van der Waals surface area contributed by atoms with Crippen molar-refractivity contribution in [2.75, 3.05) is 16.0 Å². The van der Waals surface area contributed by atoms with E-state index in [1.54, 1.807) is 17.0 Å². The Balaban J connectivity index is 1.48. The third-order valence-electron chi connectivity index (χ3n) is 5.42. The predicted molar refractivity (Wildman–Crippen MR) is 133 cm³/mol. The molecule has 176 valence electrons. The third kappa shape index (κ3) is 5.31. The van der Waals surface area contributed by atoms with Gasteiger partial charge >= 0.3 is 0 Å². The second-order valence-corrected chi connectivity index (χ2v) is 9.02. The topological polar surface area (TPSA) is 89.3 Å². The van der Waals surface area contributed by atoms with Gasteiger partial charge in [-0.2, -0.15) is 0 Å². The number of para-hydroxylation sites is 2. The Kier molecular flexibility index (Phi) is 7.32. The van der Waals surface area contributed by atoms with Crippen LogP contribution in [0.1, 0.15) is 24.7 Å². The van der Waals surface area contributed by atoms with E-state index in [0.29, 0.717) is 28.9 Å². The lowest BCUT2D eigenvalue weighted by Crippen LogP contribution is -2.40. The van der Waals surface area contributed by atoms with Crippen LogP contribution in [0.5, 0.6) is 5.75 Å². The van der Waals surface area contributed by atoms with Crippen LogP contribution in [0, 0.1) is 6.92 Å². The zero-order valence-corrected chi connectivity index (χ0v) is 20.0. The molecule has 1 atom stereocenters. The zero-order chi connectivity index (χ0) is 24.1. The van der Waals surface area contributed by atoms with E-state index in [1.807, 2.05) is 60.9 Å². The highest BCUT2D eigenvalue weighted by Gasteiger charge is 2.29. The van der Waals surface area contributed by atoms with E-state index in [2.05, 4.69) is 22.1 Å². The van der Waals surface area contributed by atoms with E-state index in [4.69, 9.17) is 4.74 Å². The quantitative estimate of drug-likeness (QED) is 0.386. The molecule has 0 spiro atoms. The fourth-order valence-electron chi connectivity index (χ4n) is 3.86. The van der Waals surface area contributed by atoms with E-state index in [0.717, 1.165) is 11.3 Å². The Morgan fingerprint density at radius 3 is 2.88 bits per heavy atom. The molecule has 0 fully saturated rings. The number of aromatic nitrogens is 3. The number of benzene rings is 2. The van der Waals surface area contributed by atoms with Crippen LogP contribution < -0.4 is 15.0 Å². The number of rotatable bonds is 8. The van der Waals surface area contributed by atoms with Gasteiger partial charge in [0.1, 0.15) is 12.4 Å². The Labute approximate surface area is 203 Å². The number of amides is 2. The molecular formula is C25H27N5O3S. The van der Waals surface area contributed by atoms with E-state index < -0.39 is 0 Å². The van der Waals surface area contributed by atoms with Crippen molar-refractivity contribution in [2.45, 2.75) is 44.6 Å². The summed E-state index contributed by atoms with van der Waals surface area (Å²) in [5, 5.41) is 12.1. The third-order valence-corrected chi connectivity index (χ3v) is 6.37. The van der Waals surface area contributed by atoms with E-state index in [1.165, 1.54) is 11.8 Å². The summed E-state index contributed by atoms with van der Waals surface area (Å²) < 4.78 is 7.78.